The zero-order valence-corrected chi connectivity index (χ0v) is 28.4. The molecular formula is C37H51N4P. The van der Waals surface area contributed by atoms with Gasteiger partial charge in [-0.25, -0.2) is 0 Å². The Morgan fingerprint density at radius 2 is 0.905 bits per heavy atom. The minimum absolute atomic E-state index is 0.352. The maximum absolute atomic E-state index is 2.94. The summed E-state index contributed by atoms with van der Waals surface area (Å²) in [4.78, 5) is 2.70. The molecular weight excluding hydrogens is 531 g/mol. The lowest BCUT2D eigenvalue weighted by molar-refractivity contribution is 0.305. The molecule has 0 fully saturated rings. The van der Waals surface area contributed by atoms with Gasteiger partial charge in [-0.3, -0.25) is 9.24 Å². The van der Waals surface area contributed by atoms with Gasteiger partial charge in [-0.05, 0) is 127 Å². The molecule has 0 amide bonds. The molecule has 42 heavy (non-hydrogen) atoms. The quantitative estimate of drug-likeness (QED) is 0.234. The Morgan fingerprint density at radius 1 is 0.500 bits per heavy atom. The lowest BCUT2D eigenvalue weighted by atomic mass is 9.94. The van der Waals surface area contributed by atoms with Crippen LogP contribution >= 0.6 is 8.37 Å². The number of rotatable bonds is 8. The number of fused-ring (bicyclic) bond motifs is 2. The van der Waals surface area contributed by atoms with Crippen LogP contribution in [0, 0.1) is 0 Å². The van der Waals surface area contributed by atoms with E-state index in [0.717, 1.165) is 51.4 Å². The van der Waals surface area contributed by atoms with E-state index in [1.54, 1.807) is 44.6 Å². The third-order valence-corrected chi connectivity index (χ3v) is 13.8. The fraction of sp³-hybridized carbons (Fsp3) is 0.568. The third-order valence-electron chi connectivity index (χ3n) is 11.3. The van der Waals surface area contributed by atoms with Crippen LogP contribution in [0.15, 0.2) is 57.0 Å². The van der Waals surface area contributed by atoms with Crippen molar-refractivity contribution in [1.29, 1.82) is 0 Å². The minimum atomic E-state index is -0.796. The predicted molar refractivity (Wildman–Crippen MR) is 179 cm³/mol. The van der Waals surface area contributed by atoms with Crippen molar-refractivity contribution >= 4 is 20.5 Å². The number of hydrogen-bond donors (Lipinski definition) is 0. The van der Waals surface area contributed by atoms with E-state index in [1.165, 1.54) is 22.1 Å². The molecule has 0 N–H and O–H groups in total. The second kappa shape index (κ2) is 10.4. The first-order valence-corrected chi connectivity index (χ1v) is 18.3. The molecule has 1 aromatic heterocycles. The zero-order chi connectivity index (χ0) is 29.6. The molecule has 224 valence electrons. The van der Waals surface area contributed by atoms with Crippen LogP contribution in [0.4, 0.5) is 0 Å². The molecule has 0 spiro atoms. The highest BCUT2D eigenvalue weighted by atomic mass is 31.2. The predicted octanol–water partition coefficient (Wildman–Crippen LogP) is 7.46. The fourth-order valence-corrected chi connectivity index (χ4v) is 12.6. The van der Waals surface area contributed by atoms with Crippen molar-refractivity contribution in [1.82, 2.24) is 18.6 Å². The van der Waals surface area contributed by atoms with Crippen LogP contribution in [0.1, 0.15) is 105 Å². The first kappa shape index (κ1) is 28.5. The molecule has 6 aliphatic heterocycles. The SMILES string of the molecule is CCC1=C(CC)C2C=c3c(CC)c(CC)c4n3P3N2/C1=C\C1C(CC)=C(CC)C(/C=C2/C(CC)=C(CC)C(C=4)N23)N1C. The van der Waals surface area contributed by atoms with Crippen molar-refractivity contribution in [3.05, 3.63) is 78.8 Å². The maximum Gasteiger partial charge on any atom is 0.214 e. The van der Waals surface area contributed by atoms with E-state index in [2.05, 4.69) is 105 Å². The van der Waals surface area contributed by atoms with Crippen molar-refractivity contribution in [3.8, 4) is 0 Å². The molecule has 1 aromatic rings. The molecule has 6 aliphatic rings. The highest BCUT2D eigenvalue weighted by Gasteiger charge is 2.52. The summed E-state index contributed by atoms with van der Waals surface area (Å²) in [5, 5.41) is 3.05. The molecule has 7 heterocycles. The topological polar surface area (TPSA) is 14.7 Å². The molecule has 4 nitrogen and oxygen atoms in total. The second-order valence-corrected chi connectivity index (χ2v) is 14.6. The van der Waals surface area contributed by atoms with Crippen LogP contribution < -0.4 is 10.7 Å². The van der Waals surface area contributed by atoms with Gasteiger partial charge in [-0.1, -0.05) is 55.4 Å². The smallest absolute Gasteiger partial charge is 0.214 e. The van der Waals surface area contributed by atoms with Crippen LogP contribution in [-0.4, -0.2) is 49.8 Å². The molecule has 2 bridgehead atoms. The van der Waals surface area contributed by atoms with Gasteiger partial charge < -0.3 is 9.34 Å². The van der Waals surface area contributed by atoms with Gasteiger partial charge in [0.25, 0.3) is 0 Å². The lowest BCUT2D eigenvalue weighted by Crippen LogP contribution is -2.50. The van der Waals surface area contributed by atoms with Gasteiger partial charge in [0, 0.05) is 22.1 Å². The van der Waals surface area contributed by atoms with Crippen molar-refractivity contribution in [3.63, 3.8) is 0 Å². The zero-order valence-electron chi connectivity index (χ0n) is 27.5. The Hall–Kier alpha value is -2.29. The standard InChI is InChI=1S/C37H51N4P/c1-10-22-23(11-2)31-19-33-25(13-4)27(15-6)35-21-37-29(17-8)28(16-7)36-20-34-26(14-5)24(12-3)32(18-30(22)38(31)9)39(34)42(40(33)35)41(36)37/h18-21,30-31,34-35H,10-17H2,1-9H3/b32-18-,33-19-. The molecule has 4 atom stereocenters. The third kappa shape index (κ3) is 3.43. The van der Waals surface area contributed by atoms with Gasteiger partial charge in [0.1, 0.15) is 0 Å². The summed E-state index contributed by atoms with van der Waals surface area (Å²) in [5.74, 6) is 0. The van der Waals surface area contributed by atoms with Crippen LogP contribution in [0.5, 0.6) is 0 Å². The Bertz CT molecular complexity index is 1510. The number of allylic oxidation sites excluding steroid dienone is 2. The van der Waals surface area contributed by atoms with Crippen LogP contribution in [0.25, 0.3) is 12.2 Å². The summed E-state index contributed by atoms with van der Waals surface area (Å²) < 4.78 is 8.71. The van der Waals surface area contributed by atoms with Crippen LogP contribution in [-0.2, 0) is 12.8 Å². The number of likely N-dealkylation sites (N-methyl/N-ethyl adjacent to an activating group) is 1. The summed E-state index contributed by atoms with van der Waals surface area (Å²) >= 11 is 0. The van der Waals surface area contributed by atoms with Gasteiger partial charge in [0.15, 0.2) is 0 Å². The molecule has 0 aliphatic carbocycles. The number of hydrogen-bond acceptors (Lipinski definition) is 3. The van der Waals surface area contributed by atoms with E-state index >= 15 is 0 Å². The van der Waals surface area contributed by atoms with Crippen molar-refractivity contribution in [2.24, 2.45) is 0 Å². The van der Waals surface area contributed by atoms with E-state index in [4.69, 9.17) is 0 Å². The minimum Gasteiger partial charge on any atom is -0.306 e. The summed E-state index contributed by atoms with van der Waals surface area (Å²) in [7, 11) is 1.60. The van der Waals surface area contributed by atoms with Gasteiger partial charge >= 0.3 is 0 Å². The summed E-state index contributed by atoms with van der Waals surface area (Å²) in [5.41, 5.74) is 16.1. The normalized spacial score (nSPS) is 31.8. The molecule has 7 rings (SSSR count). The van der Waals surface area contributed by atoms with Crippen LogP contribution in [0.3, 0.4) is 0 Å². The van der Waals surface area contributed by atoms with Gasteiger partial charge in [-0.15, -0.1) is 0 Å². The molecule has 0 saturated carbocycles. The van der Waals surface area contributed by atoms with E-state index < -0.39 is 8.37 Å². The van der Waals surface area contributed by atoms with E-state index in [0.29, 0.717) is 24.2 Å². The Labute approximate surface area is 255 Å². The first-order chi connectivity index (χ1) is 20.4. The van der Waals surface area contributed by atoms with Gasteiger partial charge in [0.05, 0.1) is 24.2 Å². The van der Waals surface area contributed by atoms with Crippen molar-refractivity contribution < 1.29 is 0 Å². The second-order valence-electron chi connectivity index (χ2n) is 12.8. The summed E-state index contributed by atoms with van der Waals surface area (Å²) in [6.07, 6.45) is 19.7. The summed E-state index contributed by atoms with van der Waals surface area (Å²) in [6, 6.07) is 1.42. The van der Waals surface area contributed by atoms with E-state index in [9.17, 15) is 0 Å². The van der Waals surface area contributed by atoms with Crippen LogP contribution in [0.2, 0.25) is 0 Å². The van der Waals surface area contributed by atoms with Gasteiger partial charge in [0.2, 0.25) is 8.37 Å². The number of aromatic nitrogens is 1. The fourth-order valence-electron chi connectivity index (χ4n) is 9.60. The first-order valence-electron chi connectivity index (χ1n) is 17.1. The van der Waals surface area contributed by atoms with E-state index in [-0.39, 0.29) is 0 Å². The average Bonchev–Trinajstić information content (AvgIpc) is 3.67. The highest BCUT2D eigenvalue weighted by Crippen LogP contribution is 2.63. The van der Waals surface area contributed by atoms with Gasteiger partial charge in [-0.2, -0.15) is 0 Å². The molecule has 0 radical (unpaired) electrons. The average molecular weight is 583 g/mol. The Morgan fingerprint density at radius 3 is 1.24 bits per heavy atom. The molecule has 5 heteroatoms. The highest BCUT2D eigenvalue weighted by molar-refractivity contribution is 7.51. The monoisotopic (exact) mass is 582 g/mol. The van der Waals surface area contributed by atoms with Crippen molar-refractivity contribution in [2.75, 3.05) is 7.05 Å². The lowest BCUT2D eigenvalue weighted by Gasteiger charge is -2.49. The number of nitrogens with zero attached hydrogens (tertiary/aromatic N) is 4. The molecule has 4 unspecified atom stereocenters. The Balaban J connectivity index is 1.64. The summed E-state index contributed by atoms with van der Waals surface area (Å²) in [6.45, 7) is 19.1. The van der Waals surface area contributed by atoms with Crippen molar-refractivity contribution in [2.45, 2.75) is 131 Å². The Kier molecular flexibility index (Phi) is 7.06. The van der Waals surface area contributed by atoms with E-state index in [1.807, 2.05) is 0 Å². The molecule has 0 saturated heterocycles. The largest absolute Gasteiger partial charge is 0.306 e. The molecule has 0 aromatic carbocycles. The maximum atomic E-state index is 2.94.